The van der Waals surface area contributed by atoms with Crippen molar-refractivity contribution in [1.29, 1.82) is 0 Å². The molecule has 0 aliphatic carbocycles. The highest BCUT2D eigenvalue weighted by molar-refractivity contribution is 7.81. The molecule has 0 radical (unpaired) electrons. The summed E-state index contributed by atoms with van der Waals surface area (Å²) in [7, 11) is 0. The first kappa shape index (κ1) is 49.9. The van der Waals surface area contributed by atoms with Crippen LogP contribution in [0.15, 0.2) is 102 Å². The Bertz CT molecular complexity index is 2730. The van der Waals surface area contributed by atoms with E-state index in [1.165, 1.54) is 27.2 Å². The number of nitrogens with zero attached hydrogens (tertiary/aromatic N) is 5. The zero-order valence-electron chi connectivity index (χ0n) is 39.5. The Morgan fingerprint density at radius 3 is 2.35 bits per heavy atom. The van der Waals surface area contributed by atoms with Crippen LogP contribution in [0.4, 0.5) is 21.5 Å². The second kappa shape index (κ2) is 21.1. The van der Waals surface area contributed by atoms with Crippen LogP contribution in [0.5, 0.6) is 5.75 Å². The van der Waals surface area contributed by atoms with Crippen molar-refractivity contribution in [3.8, 4) is 28.2 Å². The van der Waals surface area contributed by atoms with Gasteiger partial charge in [-0.15, -0.1) is 0 Å². The summed E-state index contributed by atoms with van der Waals surface area (Å²) in [4.78, 5) is 65.7. The number of hydrogen-bond donors (Lipinski definition) is 3. The van der Waals surface area contributed by atoms with Gasteiger partial charge in [-0.05, 0) is 110 Å². The number of nitrogens with one attached hydrogen (secondary N) is 2. The molecule has 1 aromatic heterocycles. The molecule has 5 aromatic rings. The second-order valence-electron chi connectivity index (χ2n) is 18.7. The molecule has 4 amide bonds. The van der Waals surface area contributed by atoms with Gasteiger partial charge in [0, 0.05) is 37.4 Å². The average Bonchev–Trinajstić information content (AvgIpc) is 4.04. The molecule has 69 heavy (non-hydrogen) atoms. The number of β-amino-alcohol motifs (C(OH)–C–C–N with tert-alkyl or cyclic N) is 1. The van der Waals surface area contributed by atoms with Crippen LogP contribution in [0, 0.1) is 24.7 Å². The maximum absolute atomic E-state index is 15.9. The molecular formula is C52H56FN7O8S. The van der Waals surface area contributed by atoms with E-state index >= 15 is 4.39 Å². The van der Waals surface area contributed by atoms with Crippen LogP contribution in [0.1, 0.15) is 65.0 Å². The van der Waals surface area contributed by atoms with E-state index in [9.17, 15) is 24.3 Å². The number of unbranched alkanes of at least 4 members (excludes halogenated alkanes) is 1. The predicted octanol–water partition coefficient (Wildman–Crippen LogP) is 7.91. The van der Waals surface area contributed by atoms with Crippen molar-refractivity contribution in [1.82, 2.24) is 20.5 Å². The quantitative estimate of drug-likeness (QED) is 0.0470. The van der Waals surface area contributed by atoms with Crippen LogP contribution in [0.25, 0.3) is 27.3 Å². The zero-order chi connectivity index (χ0) is 49.6. The third kappa shape index (κ3) is 11.3. The number of ether oxygens (including phenoxy) is 2. The van der Waals surface area contributed by atoms with Gasteiger partial charge in [-0.2, -0.15) is 0 Å². The molecule has 3 heterocycles. The van der Waals surface area contributed by atoms with Gasteiger partial charge >= 0.3 is 0 Å². The number of carbonyl (C=O) groups excluding carboxylic acids is 4. The Balaban J connectivity index is 0.842. The average molecular weight is 958 g/mol. The molecule has 3 atom stereocenters. The Hall–Kier alpha value is -7.00. The van der Waals surface area contributed by atoms with E-state index in [-0.39, 0.29) is 49.4 Å². The van der Waals surface area contributed by atoms with Gasteiger partial charge < -0.3 is 39.4 Å². The van der Waals surface area contributed by atoms with E-state index < -0.39 is 52.7 Å². The largest absolute Gasteiger partial charge is 0.494 e. The summed E-state index contributed by atoms with van der Waals surface area (Å²) < 4.78 is 32.8. The van der Waals surface area contributed by atoms with Gasteiger partial charge in [0.05, 0.1) is 31.2 Å². The van der Waals surface area contributed by atoms with Gasteiger partial charge in [-0.1, -0.05) is 69.3 Å². The molecular weight excluding hydrogens is 902 g/mol. The molecule has 0 unspecified atom stereocenters. The number of anilines is 2. The van der Waals surface area contributed by atoms with E-state index in [4.69, 9.17) is 32.7 Å². The Morgan fingerprint density at radius 2 is 1.70 bits per heavy atom. The highest BCUT2D eigenvalue weighted by Crippen LogP contribution is 2.40. The summed E-state index contributed by atoms with van der Waals surface area (Å²) in [6.07, 6.45) is 3.38. The summed E-state index contributed by atoms with van der Waals surface area (Å²) in [6, 6.07) is 22.6. The van der Waals surface area contributed by atoms with Crippen molar-refractivity contribution >= 4 is 58.0 Å². The van der Waals surface area contributed by atoms with Crippen LogP contribution in [0.3, 0.4) is 0 Å². The van der Waals surface area contributed by atoms with Crippen molar-refractivity contribution < 1.29 is 42.6 Å². The van der Waals surface area contributed by atoms with Gasteiger partial charge in [0.1, 0.15) is 35.8 Å². The Morgan fingerprint density at radius 1 is 1.00 bits per heavy atom. The first-order valence-corrected chi connectivity index (χ1v) is 23.1. The number of rotatable bonds is 17. The molecule has 0 spiro atoms. The highest BCUT2D eigenvalue weighted by Gasteiger charge is 2.51. The number of thiocarbonyl (C=S) groups is 1. The number of likely N-dealkylation sites (tertiary alicyclic amines) is 1. The molecule has 3 N–H and O–H groups in total. The highest BCUT2D eigenvalue weighted by atomic mass is 32.1. The maximum Gasteiger partial charge on any atom is 0.259 e. The minimum atomic E-state index is -1.17. The Labute approximate surface area is 406 Å². The van der Waals surface area contributed by atoms with Gasteiger partial charge in [0.2, 0.25) is 17.7 Å². The minimum absolute atomic E-state index is 0.0377. The lowest BCUT2D eigenvalue weighted by Gasteiger charge is -2.35. The Kier molecular flexibility index (Phi) is 15.3. The normalized spacial score (nSPS) is 17.2. The lowest BCUT2D eigenvalue weighted by atomic mass is 9.85. The van der Waals surface area contributed by atoms with Crippen LogP contribution in [-0.2, 0) is 30.5 Å². The topological polar surface area (TPSA) is 171 Å². The molecule has 17 heteroatoms. The molecule has 0 saturated carbocycles. The summed E-state index contributed by atoms with van der Waals surface area (Å²) in [5.41, 5.74) is 3.03. The fourth-order valence-electron chi connectivity index (χ4n) is 8.38. The molecule has 0 bridgehead atoms. The fourth-order valence-corrected chi connectivity index (χ4v) is 8.89. The molecule has 2 aliphatic heterocycles. The van der Waals surface area contributed by atoms with E-state index in [0.717, 1.165) is 16.7 Å². The summed E-state index contributed by atoms with van der Waals surface area (Å²) >= 11 is 5.75. The fraction of sp³-hybridized carbons (Fsp3) is 0.365. The van der Waals surface area contributed by atoms with Crippen molar-refractivity contribution in [2.75, 3.05) is 36.2 Å². The SMILES string of the molecule is [C-]#[N+]c1ccc(N2C(=O)C(C)(C)N(c3ccc(-c4ccc(OCCCCOCC(=O)N[C@H](C(=O)N5C[C@H](O)C[C@H]5C(=O)NCc5ccc(-c6cnco6)cc5)C(C)(C)C)cc4)cc3F)C2=S)cc1C. The van der Waals surface area contributed by atoms with Crippen LogP contribution in [0.2, 0.25) is 0 Å². The number of carbonyl (C=O) groups is 4. The first-order chi connectivity index (χ1) is 32.9. The van der Waals surface area contributed by atoms with Crippen LogP contribution >= 0.6 is 12.2 Å². The minimum Gasteiger partial charge on any atom is -0.494 e. The number of benzene rings is 4. The van der Waals surface area contributed by atoms with Gasteiger partial charge in [0.25, 0.3) is 5.91 Å². The standard InChI is InChI=1S/C52H56FN7O8S/c1-32-24-37(17-20-41(32)54-7)59-49(65)52(5,6)60(50(59)69)42-21-16-36(25-40(42)53)34-14-18-39(19-15-34)67-23-9-8-22-66-30-45(62)57-46(51(2,3)4)48(64)58-29-38(61)26-43(58)47(63)56-27-33-10-12-35(13-11-33)44-28-55-31-68-44/h10-21,24-25,28,31,38,43,46,61H,8-9,22-23,26-27,29-30H2,1-6H3,(H,56,63)(H,57,62)/t38-,43+,46-/m1/s1. The lowest BCUT2D eigenvalue weighted by Crippen LogP contribution is -2.58. The van der Waals surface area contributed by atoms with Crippen LogP contribution in [-0.4, -0.2) is 93.8 Å². The molecule has 360 valence electrons. The number of halogens is 1. The monoisotopic (exact) mass is 957 g/mol. The molecule has 2 aliphatic rings. The first-order valence-electron chi connectivity index (χ1n) is 22.7. The smallest absolute Gasteiger partial charge is 0.259 e. The van der Waals surface area contributed by atoms with Crippen molar-refractivity contribution in [2.45, 2.75) is 91.1 Å². The van der Waals surface area contributed by atoms with Crippen molar-refractivity contribution in [3.05, 3.63) is 126 Å². The molecule has 2 saturated heterocycles. The maximum atomic E-state index is 15.9. The van der Waals surface area contributed by atoms with E-state index in [1.807, 2.05) is 57.2 Å². The molecule has 4 aromatic carbocycles. The lowest BCUT2D eigenvalue weighted by molar-refractivity contribution is -0.144. The molecule has 7 rings (SSSR count). The summed E-state index contributed by atoms with van der Waals surface area (Å²) in [5, 5.41) is 16.4. The number of oxazole rings is 1. The van der Waals surface area contributed by atoms with Crippen molar-refractivity contribution in [3.63, 3.8) is 0 Å². The second-order valence-corrected chi connectivity index (χ2v) is 19.1. The number of aliphatic hydroxyl groups is 1. The van der Waals surface area contributed by atoms with Crippen molar-refractivity contribution in [2.24, 2.45) is 5.41 Å². The van der Waals surface area contributed by atoms with Crippen LogP contribution < -0.4 is 25.2 Å². The van der Waals surface area contributed by atoms with E-state index in [2.05, 4.69) is 20.5 Å². The summed E-state index contributed by atoms with van der Waals surface area (Å²) in [6.45, 7) is 18.5. The number of aliphatic hydroxyl groups excluding tert-OH is 1. The zero-order valence-corrected chi connectivity index (χ0v) is 40.3. The molecule has 2 fully saturated rings. The van der Waals surface area contributed by atoms with E-state index in [1.54, 1.807) is 69.4 Å². The van der Waals surface area contributed by atoms with Gasteiger partial charge in [-0.3, -0.25) is 24.1 Å². The third-order valence-electron chi connectivity index (χ3n) is 12.2. The summed E-state index contributed by atoms with van der Waals surface area (Å²) in [5.74, 6) is -0.954. The third-order valence-corrected chi connectivity index (χ3v) is 12.6. The van der Waals surface area contributed by atoms with Gasteiger partial charge in [-0.25, -0.2) is 14.2 Å². The number of hydrogen-bond acceptors (Lipinski definition) is 10. The number of amides is 4. The van der Waals surface area contributed by atoms with Gasteiger partial charge in [0.15, 0.2) is 23.0 Å². The number of aryl methyl sites for hydroxylation is 1. The number of aromatic nitrogens is 1. The predicted molar refractivity (Wildman–Crippen MR) is 263 cm³/mol. The molecule has 15 nitrogen and oxygen atoms in total. The van der Waals surface area contributed by atoms with E-state index in [0.29, 0.717) is 53.5 Å².